The lowest BCUT2D eigenvalue weighted by Crippen LogP contribution is -2.70. The van der Waals surface area contributed by atoms with Crippen LogP contribution in [0.5, 0.6) is 0 Å². The summed E-state index contributed by atoms with van der Waals surface area (Å²) in [5.74, 6) is 1.21. The fraction of sp³-hybridized carbons (Fsp3) is 1.00. The highest BCUT2D eigenvalue weighted by Gasteiger charge is 2.69. The van der Waals surface area contributed by atoms with Crippen molar-refractivity contribution >= 4 is 8.32 Å². The van der Waals surface area contributed by atoms with E-state index in [2.05, 4.69) is 33.5 Å². The Labute approximate surface area is 159 Å². The molecule has 5 rings (SSSR count). The molecule has 4 heterocycles. The predicted molar refractivity (Wildman–Crippen MR) is 101 cm³/mol. The third kappa shape index (κ3) is 3.10. The maximum Gasteiger partial charge on any atom is 0.201 e. The van der Waals surface area contributed by atoms with Gasteiger partial charge in [-0.3, -0.25) is 0 Å². The molecule has 5 fully saturated rings. The Bertz CT molecular complexity index is 537. The van der Waals surface area contributed by atoms with E-state index in [1.54, 1.807) is 0 Å². The quantitative estimate of drug-likeness (QED) is 0.528. The molecule has 1 saturated carbocycles. The fourth-order valence-electron chi connectivity index (χ4n) is 5.79. The summed E-state index contributed by atoms with van der Waals surface area (Å²) in [6.45, 7) is 14.1. The van der Waals surface area contributed by atoms with E-state index in [4.69, 9.17) is 23.7 Å². The van der Waals surface area contributed by atoms with Gasteiger partial charge in [0.1, 0.15) is 0 Å². The SMILES string of the molecule is C[C@H]1[C@@H](CCO[Si](C)(C)C)O[C@@H]2O[C@@]3(C)CC[C@H]4[C@H](C)CC[C@@H]1[C@@]24OO3. The Morgan fingerprint density at radius 3 is 2.54 bits per heavy atom. The fourth-order valence-corrected chi connectivity index (χ4v) is 6.52. The van der Waals surface area contributed by atoms with E-state index in [1.165, 1.54) is 6.42 Å². The predicted octanol–water partition coefficient (Wildman–Crippen LogP) is 4.48. The van der Waals surface area contributed by atoms with Crippen LogP contribution in [0.25, 0.3) is 0 Å². The zero-order valence-electron chi connectivity index (χ0n) is 17.2. The molecule has 0 amide bonds. The second-order valence-corrected chi connectivity index (χ2v) is 14.7. The molecule has 0 aromatic rings. The summed E-state index contributed by atoms with van der Waals surface area (Å²) in [7, 11) is -1.50. The van der Waals surface area contributed by atoms with Crippen molar-refractivity contribution in [3.63, 3.8) is 0 Å². The molecular formula is C20H36O5Si. The smallest absolute Gasteiger partial charge is 0.201 e. The van der Waals surface area contributed by atoms with Crippen molar-refractivity contribution in [2.45, 2.75) is 96.3 Å². The molecule has 0 unspecified atom stereocenters. The van der Waals surface area contributed by atoms with Gasteiger partial charge in [-0.05, 0) is 70.0 Å². The lowest BCUT2D eigenvalue weighted by molar-refractivity contribution is -0.571. The minimum atomic E-state index is -1.50. The zero-order valence-corrected chi connectivity index (χ0v) is 18.2. The van der Waals surface area contributed by atoms with Gasteiger partial charge in [0.2, 0.25) is 5.79 Å². The number of rotatable bonds is 4. The Morgan fingerprint density at radius 1 is 1.04 bits per heavy atom. The topological polar surface area (TPSA) is 46.2 Å². The molecule has 4 saturated heterocycles. The molecule has 26 heavy (non-hydrogen) atoms. The van der Waals surface area contributed by atoms with Gasteiger partial charge in [-0.1, -0.05) is 13.8 Å². The van der Waals surface area contributed by atoms with Crippen LogP contribution >= 0.6 is 0 Å². The van der Waals surface area contributed by atoms with Gasteiger partial charge in [-0.25, -0.2) is 9.78 Å². The van der Waals surface area contributed by atoms with Crippen molar-refractivity contribution in [1.29, 1.82) is 0 Å². The number of hydrogen-bond donors (Lipinski definition) is 0. The van der Waals surface area contributed by atoms with E-state index >= 15 is 0 Å². The summed E-state index contributed by atoms with van der Waals surface area (Å²) < 4.78 is 19.1. The zero-order chi connectivity index (χ0) is 18.7. The molecule has 1 aliphatic carbocycles. The van der Waals surface area contributed by atoms with Crippen molar-refractivity contribution in [2.24, 2.45) is 23.7 Å². The molecule has 0 aromatic carbocycles. The summed E-state index contributed by atoms with van der Waals surface area (Å²) in [5.41, 5.74) is -0.441. The van der Waals surface area contributed by atoms with E-state index in [1.807, 2.05) is 6.92 Å². The average Bonchev–Trinajstić information content (AvgIpc) is 2.77. The third-order valence-electron chi connectivity index (χ3n) is 7.23. The van der Waals surface area contributed by atoms with E-state index in [0.29, 0.717) is 23.7 Å². The molecule has 2 bridgehead atoms. The summed E-state index contributed by atoms with van der Waals surface area (Å²) in [6, 6.07) is 0. The van der Waals surface area contributed by atoms with Crippen LogP contribution in [0, 0.1) is 23.7 Å². The van der Waals surface area contributed by atoms with Crippen molar-refractivity contribution in [3.8, 4) is 0 Å². The molecule has 0 N–H and O–H groups in total. The van der Waals surface area contributed by atoms with Crippen molar-refractivity contribution in [2.75, 3.05) is 6.61 Å². The summed E-state index contributed by atoms with van der Waals surface area (Å²) in [4.78, 5) is 12.1. The second-order valence-electron chi connectivity index (χ2n) is 10.2. The van der Waals surface area contributed by atoms with Crippen molar-refractivity contribution in [3.05, 3.63) is 0 Å². The summed E-state index contributed by atoms with van der Waals surface area (Å²) in [5, 5.41) is 0. The summed E-state index contributed by atoms with van der Waals surface area (Å²) in [6.07, 6.45) is 5.13. The molecule has 4 aliphatic heterocycles. The molecule has 0 aromatic heterocycles. The standard InChI is InChI=1S/C20H36O5Si/c1-13-7-8-16-14(2)17(10-12-21-26(4,5)6)22-18-20(16)15(13)9-11-19(3,23-18)24-25-20/h13-18H,7-12H2,1-6H3/t13-,14-,15+,16+,17-,18-,19-,20-/m1/s1. The lowest BCUT2D eigenvalue weighted by Gasteiger charge is -2.60. The number of hydrogen-bond acceptors (Lipinski definition) is 5. The van der Waals surface area contributed by atoms with Crippen molar-refractivity contribution < 1.29 is 23.7 Å². The maximum atomic E-state index is 6.58. The average molecular weight is 385 g/mol. The van der Waals surface area contributed by atoms with Crippen LogP contribution in [0.15, 0.2) is 0 Å². The molecule has 0 radical (unpaired) electrons. The highest BCUT2D eigenvalue weighted by atomic mass is 28.4. The monoisotopic (exact) mass is 384 g/mol. The first-order chi connectivity index (χ1) is 12.1. The second kappa shape index (κ2) is 6.53. The van der Waals surface area contributed by atoms with Gasteiger partial charge in [0, 0.05) is 18.9 Å². The number of fused-ring (bicyclic) bond motifs is 2. The lowest BCUT2D eigenvalue weighted by atomic mass is 9.57. The minimum Gasteiger partial charge on any atom is -0.418 e. The van der Waals surface area contributed by atoms with E-state index < -0.39 is 19.7 Å². The van der Waals surface area contributed by atoms with Crippen LogP contribution < -0.4 is 0 Å². The van der Waals surface area contributed by atoms with Crippen LogP contribution in [-0.4, -0.2) is 38.7 Å². The molecule has 6 heteroatoms. The highest BCUT2D eigenvalue weighted by Crippen LogP contribution is 2.60. The van der Waals surface area contributed by atoms with Gasteiger partial charge in [0.15, 0.2) is 20.2 Å². The van der Waals surface area contributed by atoms with Crippen LogP contribution in [0.1, 0.15) is 52.9 Å². The van der Waals surface area contributed by atoms with E-state index in [-0.39, 0.29) is 12.4 Å². The highest BCUT2D eigenvalue weighted by molar-refractivity contribution is 6.69. The van der Waals surface area contributed by atoms with Gasteiger partial charge in [-0.15, -0.1) is 0 Å². The normalized spacial score (nSPS) is 51.0. The molecule has 5 nitrogen and oxygen atoms in total. The first-order valence-electron chi connectivity index (χ1n) is 10.5. The van der Waals surface area contributed by atoms with Crippen LogP contribution in [0.3, 0.4) is 0 Å². The van der Waals surface area contributed by atoms with E-state index in [0.717, 1.165) is 32.3 Å². The largest absolute Gasteiger partial charge is 0.418 e. The first-order valence-corrected chi connectivity index (χ1v) is 13.9. The Hall–Kier alpha value is 0.0169. The number of ether oxygens (including phenoxy) is 2. The Kier molecular flexibility index (Phi) is 4.86. The van der Waals surface area contributed by atoms with E-state index in [9.17, 15) is 0 Å². The van der Waals surface area contributed by atoms with Gasteiger partial charge in [-0.2, -0.15) is 0 Å². The van der Waals surface area contributed by atoms with Crippen molar-refractivity contribution in [1.82, 2.24) is 0 Å². The molecule has 1 spiro atoms. The molecule has 8 atom stereocenters. The van der Waals surface area contributed by atoms with Crippen LogP contribution in [0.4, 0.5) is 0 Å². The van der Waals surface area contributed by atoms with Gasteiger partial charge in [0.05, 0.1) is 6.10 Å². The van der Waals surface area contributed by atoms with Gasteiger partial charge in [0.25, 0.3) is 0 Å². The minimum absolute atomic E-state index is 0.160. The molecule has 150 valence electrons. The van der Waals surface area contributed by atoms with Crippen LogP contribution in [0.2, 0.25) is 19.6 Å². The maximum absolute atomic E-state index is 6.58. The third-order valence-corrected chi connectivity index (χ3v) is 8.30. The molecule has 5 aliphatic rings. The summed E-state index contributed by atoms with van der Waals surface area (Å²) >= 11 is 0. The Balaban J connectivity index is 1.58. The van der Waals surface area contributed by atoms with Crippen LogP contribution in [-0.2, 0) is 23.7 Å². The first kappa shape index (κ1) is 19.3. The Morgan fingerprint density at radius 2 is 1.81 bits per heavy atom. The molecular weight excluding hydrogens is 348 g/mol. The van der Waals surface area contributed by atoms with Gasteiger partial charge >= 0.3 is 0 Å². The van der Waals surface area contributed by atoms with Gasteiger partial charge < -0.3 is 13.9 Å².